The molecule has 4 nitrogen and oxygen atoms in total. The zero-order valence-corrected chi connectivity index (χ0v) is 18.8. The summed E-state index contributed by atoms with van der Waals surface area (Å²) in [5, 5.41) is 2.37. The molecule has 1 N–H and O–H groups in total. The molecule has 1 aliphatic rings. The Kier molecular flexibility index (Phi) is 7.04. The standard InChI is InChI=1S/C29H28NO3/c1-3-25(21-10-6-4-7-11-21)28(22-12-8-5-9-13-22)23-14-16-24(17-15-23)33-20(2)26-18-19-27(31)30-29(26)32/h4-17,20,26H,2-3,18-19H2,1H3,(H,30,31,32). The van der Waals surface area contributed by atoms with Crippen molar-refractivity contribution in [3.63, 3.8) is 0 Å². The Labute approximate surface area is 195 Å². The molecule has 3 aromatic carbocycles. The Morgan fingerprint density at radius 3 is 2.06 bits per heavy atom. The zero-order chi connectivity index (χ0) is 23.2. The van der Waals surface area contributed by atoms with Gasteiger partial charge in [-0.25, -0.2) is 0 Å². The number of carbonyl (C=O) groups is 2. The van der Waals surface area contributed by atoms with Gasteiger partial charge in [0.05, 0.1) is 5.92 Å². The molecule has 4 rings (SSSR count). The molecule has 1 fully saturated rings. The molecular weight excluding hydrogens is 410 g/mol. The number of allylic oxidation sites excluding steroid dienone is 1. The molecule has 2 unspecified atom stereocenters. The van der Waals surface area contributed by atoms with Gasteiger partial charge in [0.15, 0.2) is 0 Å². The first-order valence-corrected chi connectivity index (χ1v) is 11.3. The molecular formula is C29H28NO3. The van der Waals surface area contributed by atoms with Gasteiger partial charge >= 0.3 is 0 Å². The summed E-state index contributed by atoms with van der Waals surface area (Å²) in [7, 11) is 0. The molecule has 4 heteroatoms. The van der Waals surface area contributed by atoms with E-state index in [0.717, 1.165) is 17.5 Å². The van der Waals surface area contributed by atoms with Gasteiger partial charge in [-0.3, -0.25) is 14.9 Å². The molecule has 1 heterocycles. The first kappa shape index (κ1) is 22.5. The molecule has 1 saturated heterocycles. The Morgan fingerprint density at radius 1 is 0.909 bits per heavy atom. The Balaban J connectivity index is 1.64. The minimum Gasteiger partial charge on any atom is -0.490 e. The van der Waals surface area contributed by atoms with E-state index in [1.54, 1.807) is 0 Å². The normalized spacial score (nSPS) is 17.7. The summed E-state index contributed by atoms with van der Waals surface area (Å²) in [6.07, 6.45) is 1.09. The lowest BCUT2D eigenvalue weighted by Gasteiger charge is -2.26. The van der Waals surface area contributed by atoms with E-state index in [-0.39, 0.29) is 11.8 Å². The fourth-order valence-electron chi connectivity index (χ4n) is 4.31. The van der Waals surface area contributed by atoms with Gasteiger partial charge in [0.25, 0.3) is 0 Å². The van der Waals surface area contributed by atoms with Crippen LogP contribution in [-0.2, 0) is 9.59 Å². The van der Waals surface area contributed by atoms with Crippen LogP contribution in [0.15, 0.2) is 84.9 Å². The Bertz CT molecular complexity index is 1130. The third kappa shape index (κ3) is 5.23. The summed E-state index contributed by atoms with van der Waals surface area (Å²) in [5.41, 5.74) is 5.91. The minimum absolute atomic E-state index is 0.238. The van der Waals surface area contributed by atoms with Gasteiger partial charge in [0.1, 0.15) is 11.9 Å². The number of piperidine rings is 1. The zero-order valence-electron chi connectivity index (χ0n) is 18.8. The number of carbonyl (C=O) groups excluding carboxylic acids is 2. The van der Waals surface area contributed by atoms with Crippen molar-refractivity contribution in [1.82, 2.24) is 5.32 Å². The van der Waals surface area contributed by atoms with Gasteiger partial charge in [-0.05, 0) is 59.7 Å². The van der Waals surface area contributed by atoms with Crippen LogP contribution >= 0.6 is 0 Å². The van der Waals surface area contributed by atoms with E-state index in [4.69, 9.17) is 4.74 Å². The van der Waals surface area contributed by atoms with Crippen LogP contribution in [0.1, 0.15) is 42.9 Å². The smallest absolute Gasteiger partial charge is 0.233 e. The first-order valence-electron chi connectivity index (χ1n) is 11.3. The number of rotatable bonds is 7. The van der Waals surface area contributed by atoms with Gasteiger partial charge in [-0.2, -0.15) is 0 Å². The molecule has 1 aliphatic heterocycles. The third-order valence-corrected chi connectivity index (χ3v) is 6.00. The Hall–Kier alpha value is -3.66. The summed E-state index contributed by atoms with van der Waals surface area (Å²) in [4.78, 5) is 23.5. The van der Waals surface area contributed by atoms with Gasteiger partial charge in [0, 0.05) is 6.42 Å². The number of benzene rings is 3. The van der Waals surface area contributed by atoms with Crippen molar-refractivity contribution in [1.29, 1.82) is 0 Å². The van der Waals surface area contributed by atoms with Crippen molar-refractivity contribution in [2.45, 2.75) is 32.3 Å². The Morgan fingerprint density at radius 2 is 1.48 bits per heavy atom. The molecule has 167 valence electrons. The maximum atomic E-state index is 12.1. The number of amides is 2. The van der Waals surface area contributed by atoms with Crippen LogP contribution in [0, 0.1) is 12.8 Å². The van der Waals surface area contributed by atoms with E-state index >= 15 is 0 Å². The van der Waals surface area contributed by atoms with E-state index in [2.05, 4.69) is 67.7 Å². The summed E-state index contributed by atoms with van der Waals surface area (Å²) in [5.74, 6) is -0.341. The van der Waals surface area contributed by atoms with Crippen molar-refractivity contribution in [2.24, 2.45) is 5.92 Å². The summed E-state index contributed by atoms with van der Waals surface area (Å²) < 4.78 is 5.97. The van der Waals surface area contributed by atoms with Gasteiger partial charge in [-0.15, -0.1) is 0 Å². The molecule has 0 saturated carbocycles. The van der Waals surface area contributed by atoms with Crippen molar-refractivity contribution in [3.05, 3.63) is 109 Å². The molecule has 2 atom stereocenters. The van der Waals surface area contributed by atoms with E-state index in [0.29, 0.717) is 18.6 Å². The summed E-state index contributed by atoms with van der Waals surface area (Å²) in [6, 6.07) is 28.8. The predicted octanol–water partition coefficient (Wildman–Crippen LogP) is 5.69. The number of hydrogen-bond acceptors (Lipinski definition) is 3. The fraction of sp³-hybridized carbons (Fsp3) is 0.207. The van der Waals surface area contributed by atoms with Crippen LogP contribution in [-0.4, -0.2) is 17.9 Å². The average Bonchev–Trinajstić information content (AvgIpc) is 2.84. The molecule has 0 bridgehead atoms. The lowest BCUT2D eigenvalue weighted by atomic mass is 9.88. The molecule has 33 heavy (non-hydrogen) atoms. The molecule has 0 aliphatic carbocycles. The van der Waals surface area contributed by atoms with Crippen molar-refractivity contribution >= 4 is 23.0 Å². The molecule has 3 aromatic rings. The van der Waals surface area contributed by atoms with E-state index in [1.165, 1.54) is 16.7 Å². The van der Waals surface area contributed by atoms with Gasteiger partial charge in [-0.1, -0.05) is 79.7 Å². The fourth-order valence-corrected chi connectivity index (χ4v) is 4.31. The molecule has 0 aromatic heterocycles. The van der Waals surface area contributed by atoms with Gasteiger partial charge in [0.2, 0.25) is 11.8 Å². The number of hydrogen-bond donors (Lipinski definition) is 1. The van der Waals surface area contributed by atoms with Crippen LogP contribution in [0.2, 0.25) is 0 Å². The number of ether oxygens (including phenoxy) is 1. The second-order valence-electron chi connectivity index (χ2n) is 8.18. The number of nitrogens with one attached hydrogen (secondary N) is 1. The van der Waals surface area contributed by atoms with Crippen molar-refractivity contribution in [2.75, 3.05) is 0 Å². The van der Waals surface area contributed by atoms with E-state index < -0.39 is 12.0 Å². The lowest BCUT2D eigenvalue weighted by molar-refractivity contribution is -0.138. The maximum Gasteiger partial charge on any atom is 0.233 e. The van der Waals surface area contributed by atoms with Crippen LogP contribution in [0.5, 0.6) is 5.75 Å². The highest BCUT2D eigenvalue weighted by molar-refractivity contribution is 5.99. The summed E-state index contributed by atoms with van der Waals surface area (Å²) in [6.45, 7) is 6.19. The SMILES string of the molecule is [CH2]C(Oc1ccc(C(=C(CC)c2ccccc2)c2ccccc2)cc1)C1CCC(=O)NC1=O. The topological polar surface area (TPSA) is 55.4 Å². The first-order chi connectivity index (χ1) is 16.1. The van der Waals surface area contributed by atoms with Crippen LogP contribution in [0.4, 0.5) is 0 Å². The van der Waals surface area contributed by atoms with E-state index in [9.17, 15) is 9.59 Å². The van der Waals surface area contributed by atoms with Crippen molar-refractivity contribution < 1.29 is 14.3 Å². The predicted molar refractivity (Wildman–Crippen MR) is 131 cm³/mol. The largest absolute Gasteiger partial charge is 0.490 e. The molecule has 2 amide bonds. The van der Waals surface area contributed by atoms with Crippen LogP contribution in [0.3, 0.4) is 0 Å². The maximum absolute atomic E-state index is 12.1. The van der Waals surface area contributed by atoms with Crippen molar-refractivity contribution in [3.8, 4) is 5.75 Å². The molecule has 1 radical (unpaired) electrons. The minimum atomic E-state index is -0.566. The van der Waals surface area contributed by atoms with Gasteiger partial charge < -0.3 is 4.74 Å². The highest BCUT2D eigenvalue weighted by Gasteiger charge is 2.32. The number of imide groups is 1. The van der Waals surface area contributed by atoms with Crippen LogP contribution in [0.25, 0.3) is 11.1 Å². The highest BCUT2D eigenvalue weighted by atomic mass is 16.5. The highest BCUT2D eigenvalue weighted by Crippen LogP contribution is 2.35. The quantitative estimate of drug-likeness (QED) is 0.381. The third-order valence-electron chi connectivity index (χ3n) is 6.00. The second-order valence-corrected chi connectivity index (χ2v) is 8.18. The summed E-state index contributed by atoms with van der Waals surface area (Å²) >= 11 is 0. The monoisotopic (exact) mass is 438 g/mol. The van der Waals surface area contributed by atoms with E-state index in [1.807, 2.05) is 36.4 Å². The lowest BCUT2D eigenvalue weighted by Crippen LogP contribution is -2.46. The van der Waals surface area contributed by atoms with Crippen LogP contribution < -0.4 is 10.1 Å². The molecule has 0 spiro atoms. The average molecular weight is 439 g/mol. The second kappa shape index (κ2) is 10.3.